The zero-order valence-electron chi connectivity index (χ0n) is 54.1. The van der Waals surface area contributed by atoms with Gasteiger partial charge in [0.2, 0.25) is 5.91 Å². The normalized spacial score (nSPS) is 28.8. The molecule has 3 aliphatic rings. The van der Waals surface area contributed by atoms with Gasteiger partial charge in [0.25, 0.3) is 0 Å². The first-order chi connectivity index (χ1) is 43.3. The molecule has 0 aromatic rings. The Morgan fingerprint density at radius 3 is 1.26 bits per heavy atom. The number of rotatable bonds is 51. The fourth-order valence-corrected chi connectivity index (χ4v) is 11.1. The minimum absolute atomic E-state index is 0.153. The van der Waals surface area contributed by atoms with Crippen molar-refractivity contribution in [2.75, 3.05) is 26.4 Å². The summed E-state index contributed by atoms with van der Waals surface area (Å²) in [5.74, 6) is -0.344. The molecule has 3 aliphatic heterocycles. The van der Waals surface area contributed by atoms with Gasteiger partial charge in [0.15, 0.2) is 18.9 Å². The molecule has 19 nitrogen and oxygen atoms in total. The largest absolute Gasteiger partial charge is 0.394 e. The van der Waals surface area contributed by atoms with Crippen LogP contribution in [0, 0.1) is 0 Å². The van der Waals surface area contributed by atoms with Gasteiger partial charge in [-0.05, 0) is 70.6 Å². The average molecular weight is 1260 g/mol. The van der Waals surface area contributed by atoms with E-state index in [-0.39, 0.29) is 12.3 Å². The summed E-state index contributed by atoms with van der Waals surface area (Å²) >= 11 is 0. The van der Waals surface area contributed by atoms with Crippen LogP contribution in [0.15, 0.2) is 85.1 Å². The highest BCUT2D eigenvalue weighted by molar-refractivity contribution is 5.76. The summed E-state index contributed by atoms with van der Waals surface area (Å²) in [6.45, 7) is 1.55. The second-order valence-corrected chi connectivity index (χ2v) is 24.2. The van der Waals surface area contributed by atoms with Gasteiger partial charge in [0, 0.05) is 6.42 Å². The molecule has 0 aromatic carbocycles. The van der Waals surface area contributed by atoms with Crippen LogP contribution in [0.1, 0.15) is 219 Å². The summed E-state index contributed by atoms with van der Waals surface area (Å²) in [5.41, 5.74) is 0. The van der Waals surface area contributed by atoms with Gasteiger partial charge in [-0.15, -0.1) is 0 Å². The van der Waals surface area contributed by atoms with E-state index in [0.29, 0.717) is 19.3 Å². The lowest BCUT2D eigenvalue weighted by atomic mass is 9.96. The van der Waals surface area contributed by atoms with E-state index in [4.69, 9.17) is 28.4 Å². The lowest BCUT2D eigenvalue weighted by Gasteiger charge is -2.48. The first kappa shape index (κ1) is 80.2. The topological polar surface area (TPSA) is 307 Å². The maximum atomic E-state index is 13.3. The van der Waals surface area contributed by atoms with Crippen LogP contribution in [0.25, 0.3) is 0 Å². The average Bonchev–Trinajstić information content (AvgIpc) is 2.22. The molecule has 3 saturated heterocycles. The molecule has 3 rings (SSSR count). The van der Waals surface area contributed by atoms with Gasteiger partial charge in [0.1, 0.15) is 73.2 Å². The number of ether oxygens (including phenoxy) is 6. The Bertz CT molecular complexity index is 1940. The summed E-state index contributed by atoms with van der Waals surface area (Å²) in [6.07, 6.45) is 38.7. The Kier molecular flexibility index (Phi) is 46.3. The maximum absolute atomic E-state index is 13.3. The number of carbonyl (C=O) groups is 1. The molecule has 0 spiro atoms. The molecule has 0 saturated carbocycles. The fourth-order valence-electron chi connectivity index (χ4n) is 11.1. The molecule has 0 aliphatic carbocycles. The maximum Gasteiger partial charge on any atom is 0.220 e. The van der Waals surface area contributed by atoms with Gasteiger partial charge in [-0.3, -0.25) is 4.79 Å². The Labute approximate surface area is 533 Å². The molecule has 1 amide bonds. The molecule has 17 unspecified atom stereocenters. The number of hydrogen-bond donors (Lipinski definition) is 12. The number of nitrogens with one attached hydrogen (secondary N) is 1. The minimum Gasteiger partial charge on any atom is -0.394 e. The van der Waals surface area contributed by atoms with Gasteiger partial charge in [-0.1, -0.05) is 227 Å². The highest BCUT2D eigenvalue weighted by Gasteiger charge is 2.53. The van der Waals surface area contributed by atoms with E-state index in [1.807, 2.05) is 12.2 Å². The van der Waals surface area contributed by atoms with Crippen molar-refractivity contribution >= 4 is 5.91 Å². The number of unbranched alkanes of at least 4 members (excludes halogenated alkanes) is 23. The number of aliphatic hydroxyl groups is 11. The molecule has 19 heteroatoms. The van der Waals surface area contributed by atoms with Crippen molar-refractivity contribution in [3.05, 3.63) is 85.1 Å². The predicted molar refractivity (Wildman–Crippen MR) is 346 cm³/mol. The highest BCUT2D eigenvalue weighted by Crippen LogP contribution is 2.33. The predicted octanol–water partition coefficient (Wildman–Crippen LogP) is 8.71. The van der Waals surface area contributed by atoms with Crippen molar-refractivity contribution in [1.82, 2.24) is 5.32 Å². The minimum atomic E-state index is -1.99. The number of hydrogen-bond acceptors (Lipinski definition) is 18. The van der Waals surface area contributed by atoms with Crippen molar-refractivity contribution in [3.63, 3.8) is 0 Å². The van der Waals surface area contributed by atoms with Gasteiger partial charge in [0.05, 0.1) is 38.6 Å². The van der Waals surface area contributed by atoms with E-state index in [9.17, 15) is 61.0 Å². The molecular formula is C70H121NO18. The molecule has 514 valence electrons. The summed E-state index contributed by atoms with van der Waals surface area (Å²) in [4.78, 5) is 13.3. The smallest absolute Gasteiger partial charge is 0.220 e. The van der Waals surface area contributed by atoms with E-state index < -0.39 is 131 Å². The summed E-state index contributed by atoms with van der Waals surface area (Å²) < 4.78 is 34.3. The van der Waals surface area contributed by atoms with Crippen LogP contribution in [-0.2, 0) is 33.2 Å². The molecule has 89 heavy (non-hydrogen) atoms. The van der Waals surface area contributed by atoms with Crippen molar-refractivity contribution < 1.29 is 89.4 Å². The van der Waals surface area contributed by atoms with Crippen molar-refractivity contribution in [1.29, 1.82) is 0 Å². The lowest BCUT2D eigenvalue weighted by molar-refractivity contribution is -0.379. The fraction of sp³-hybridized carbons (Fsp3) is 0.786. The first-order valence-corrected chi connectivity index (χ1v) is 34.3. The molecular weight excluding hydrogens is 1140 g/mol. The van der Waals surface area contributed by atoms with Crippen LogP contribution in [0.4, 0.5) is 0 Å². The third-order valence-corrected chi connectivity index (χ3v) is 16.7. The van der Waals surface area contributed by atoms with Crippen molar-refractivity contribution in [2.45, 2.75) is 324 Å². The van der Waals surface area contributed by atoms with Crippen molar-refractivity contribution in [2.24, 2.45) is 0 Å². The van der Waals surface area contributed by atoms with Crippen LogP contribution in [-0.4, -0.2) is 193 Å². The quantitative estimate of drug-likeness (QED) is 0.0200. The van der Waals surface area contributed by atoms with Crippen LogP contribution >= 0.6 is 0 Å². The monoisotopic (exact) mass is 1260 g/mol. The van der Waals surface area contributed by atoms with Crippen LogP contribution in [0.5, 0.6) is 0 Å². The van der Waals surface area contributed by atoms with E-state index in [1.54, 1.807) is 6.08 Å². The van der Waals surface area contributed by atoms with E-state index in [2.05, 4.69) is 86.0 Å². The van der Waals surface area contributed by atoms with Gasteiger partial charge >= 0.3 is 0 Å². The molecule has 3 heterocycles. The Morgan fingerprint density at radius 1 is 0.416 bits per heavy atom. The van der Waals surface area contributed by atoms with E-state index in [1.165, 1.54) is 128 Å². The van der Waals surface area contributed by atoms with Crippen LogP contribution in [0.3, 0.4) is 0 Å². The molecule has 0 aromatic heterocycles. The molecule has 3 fully saturated rings. The Balaban J connectivity index is 1.46. The molecule has 0 bridgehead atoms. The zero-order valence-corrected chi connectivity index (χ0v) is 54.1. The summed E-state index contributed by atoms with van der Waals surface area (Å²) in [7, 11) is 0. The molecule has 0 radical (unpaired) electrons. The third-order valence-electron chi connectivity index (χ3n) is 16.7. The first-order valence-electron chi connectivity index (χ1n) is 34.3. The third kappa shape index (κ3) is 33.6. The van der Waals surface area contributed by atoms with E-state index in [0.717, 1.165) is 51.4 Å². The molecule has 17 atom stereocenters. The van der Waals surface area contributed by atoms with E-state index >= 15 is 0 Å². The Morgan fingerprint density at radius 2 is 0.787 bits per heavy atom. The van der Waals surface area contributed by atoms with Gasteiger partial charge in [-0.2, -0.15) is 0 Å². The summed E-state index contributed by atoms with van der Waals surface area (Å²) in [5, 5.41) is 120. The number of aliphatic hydroxyl groups excluding tert-OH is 11. The second kappa shape index (κ2) is 51.4. The second-order valence-electron chi connectivity index (χ2n) is 24.2. The van der Waals surface area contributed by atoms with Gasteiger partial charge in [-0.25, -0.2) is 0 Å². The SMILES string of the molecule is CC/C=C\C/C=C\C/C=C\C/C=C\C/C=C\CCCC(=O)NC(COC1OC(CO)C(OC2OC(CO)C(OC3OC(CO)C(O)C(O)C3O)C(O)C2O)C(O)C1O)C(O)/C=C/CC/C=C/CCCCCCCCCCCCCCCCCCCCCCC. The van der Waals surface area contributed by atoms with Crippen molar-refractivity contribution in [3.8, 4) is 0 Å². The Hall–Kier alpha value is -3.03. The standard InChI is InChI=1S/C70H121NO18/c1-3-5-7-9-11-13-15-17-19-21-22-23-24-25-26-27-28-29-30-32-33-35-37-39-41-43-45-47-54(75)53(71-58(76)48-46-44-42-40-38-36-34-31-20-18-16-14-12-10-8-6-4-2)52-84-68-64(82)61(79)66(56(50-73)86-68)89-70-65(83)62(80)67(57(51-74)87-70)88-69-63(81)60(78)59(77)55(49-72)85-69/h6,8,12,14,18,20,34,36-37,39-40,42,45,47,53-57,59-70,72-75,77-83H,3-5,7,9-11,13,15-17,19,21-33,35,38,41,43-44,46,48-52H2,1-2H3,(H,71,76)/b8-6-,14-12-,20-18-,36-34-,39-37+,42-40-,47-45+. The summed E-state index contributed by atoms with van der Waals surface area (Å²) in [6, 6.07) is -1.03. The number of amides is 1. The van der Waals surface area contributed by atoms with Crippen LogP contribution in [0.2, 0.25) is 0 Å². The lowest BCUT2D eigenvalue weighted by Crippen LogP contribution is -2.66. The zero-order chi connectivity index (χ0) is 64.7. The highest BCUT2D eigenvalue weighted by atomic mass is 16.8. The van der Waals surface area contributed by atoms with Gasteiger partial charge < -0.3 is 89.9 Å². The number of carbonyl (C=O) groups excluding carboxylic acids is 1. The number of allylic oxidation sites excluding steroid dienone is 13. The molecule has 12 N–H and O–H groups in total. The van der Waals surface area contributed by atoms with Crippen LogP contribution < -0.4 is 5.32 Å².